The van der Waals surface area contributed by atoms with Gasteiger partial charge < -0.3 is 19.7 Å². The highest BCUT2D eigenvalue weighted by Crippen LogP contribution is 2.34. The van der Waals surface area contributed by atoms with E-state index in [4.69, 9.17) is 9.47 Å². The van der Waals surface area contributed by atoms with Gasteiger partial charge in [-0.25, -0.2) is 8.42 Å². The highest BCUT2D eigenvalue weighted by molar-refractivity contribution is 7.92. The summed E-state index contributed by atoms with van der Waals surface area (Å²) in [5.41, 5.74) is 1.88. The predicted molar refractivity (Wildman–Crippen MR) is 175 cm³/mol. The van der Waals surface area contributed by atoms with Crippen LogP contribution in [0.1, 0.15) is 24.5 Å². The van der Waals surface area contributed by atoms with Gasteiger partial charge in [-0.05, 0) is 41.8 Å². The number of hydrogen-bond acceptors (Lipinski definition) is 6. The van der Waals surface area contributed by atoms with Crippen LogP contribution >= 0.6 is 0 Å². The number of rotatable bonds is 15. The summed E-state index contributed by atoms with van der Waals surface area (Å²) < 4.78 is 40.2. The summed E-state index contributed by atoms with van der Waals surface area (Å²) in [7, 11) is -1.29. The molecule has 0 saturated heterocycles. The third-order valence-corrected chi connectivity index (χ3v) is 9.07. The molecule has 0 bridgehead atoms. The molecule has 1 unspecified atom stereocenters. The Balaban J connectivity index is 1.81. The van der Waals surface area contributed by atoms with E-state index in [0.29, 0.717) is 18.0 Å². The Kier molecular flexibility index (Phi) is 11.6. The Labute approximate surface area is 265 Å². The summed E-state index contributed by atoms with van der Waals surface area (Å²) in [5, 5.41) is 2.95. The van der Waals surface area contributed by atoms with Crippen LogP contribution in [0.2, 0.25) is 0 Å². The van der Waals surface area contributed by atoms with Gasteiger partial charge in [-0.2, -0.15) is 0 Å². The molecule has 1 atom stereocenters. The van der Waals surface area contributed by atoms with E-state index in [0.717, 1.165) is 21.9 Å². The number of benzene rings is 4. The zero-order valence-corrected chi connectivity index (χ0v) is 26.6. The van der Waals surface area contributed by atoms with Gasteiger partial charge in [0, 0.05) is 25.6 Å². The highest BCUT2D eigenvalue weighted by atomic mass is 32.2. The molecule has 236 valence electrons. The fourth-order valence-corrected chi connectivity index (χ4v) is 6.36. The average molecular weight is 630 g/mol. The van der Waals surface area contributed by atoms with Gasteiger partial charge in [0.15, 0.2) is 11.5 Å². The number of ether oxygens (including phenoxy) is 2. The molecule has 0 saturated carbocycles. The van der Waals surface area contributed by atoms with Crippen LogP contribution in [0.15, 0.2) is 114 Å². The van der Waals surface area contributed by atoms with Crippen LogP contribution in [0.4, 0.5) is 5.69 Å². The van der Waals surface area contributed by atoms with Gasteiger partial charge in [0.1, 0.15) is 12.6 Å². The van der Waals surface area contributed by atoms with Crippen molar-refractivity contribution >= 4 is 27.5 Å². The van der Waals surface area contributed by atoms with Gasteiger partial charge in [-0.3, -0.25) is 13.9 Å². The van der Waals surface area contributed by atoms with E-state index in [1.165, 1.54) is 37.3 Å². The zero-order chi connectivity index (χ0) is 32.2. The Morgan fingerprint density at radius 3 is 1.93 bits per heavy atom. The first-order chi connectivity index (χ1) is 21.8. The second kappa shape index (κ2) is 15.8. The quantitative estimate of drug-likeness (QED) is 0.197. The lowest BCUT2D eigenvalue weighted by molar-refractivity contribution is -0.140. The summed E-state index contributed by atoms with van der Waals surface area (Å²) >= 11 is 0. The maximum atomic E-state index is 14.5. The fraction of sp³-hybridized carbons (Fsp3) is 0.257. The van der Waals surface area contributed by atoms with Crippen LogP contribution in [0.3, 0.4) is 0 Å². The molecule has 1 N–H and O–H groups in total. The first-order valence-electron chi connectivity index (χ1n) is 14.7. The SMILES string of the molecule is CCCNC(=O)C(Cc1ccccc1)N(Cc1ccccc1)C(=O)CN(c1ccc(OC)c(OC)c1)S(=O)(=O)c1ccccc1. The number of carbonyl (C=O) groups excluding carboxylic acids is 2. The van der Waals surface area contributed by atoms with Crippen molar-refractivity contribution in [3.63, 3.8) is 0 Å². The van der Waals surface area contributed by atoms with E-state index in [1.807, 2.05) is 67.6 Å². The molecule has 0 radical (unpaired) electrons. The summed E-state index contributed by atoms with van der Waals surface area (Å²) in [6.45, 7) is 1.93. The molecule has 0 aliphatic rings. The second-order valence-electron chi connectivity index (χ2n) is 10.4. The van der Waals surface area contributed by atoms with Crippen molar-refractivity contribution in [1.29, 1.82) is 0 Å². The van der Waals surface area contributed by atoms with Gasteiger partial charge in [-0.15, -0.1) is 0 Å². The maximum absolute atomic E-state index is 14.5. The lowest BCUT2D eigenvalue weighted by Gasteiger charge is -2.34. The zero-order valence-electron chi connectivity index (χ0n) is 25.8. The molecule has 10 heteroatoms. The van der Waals surface area contributed by atoms with Crippen molar-refractivity contribution in [2.45, 2.75) is 37.2 Å². The Bertz CT molecular complexity index is 1650. The summed E-state index contributed by atoms with van der Waals surface area (Å²) in [5.74, 6) is -0.141. The number of methoxy groups -OCH3 is 2. The van der Waals surface area contributed by atoms with Crippen LogP contribution in [0, 0.1) is 0 Å². The Morgan fingerprint density at radius 2 is 1.36 bits per heavy atom. The van der Waals surface area contributed by atoms with E-state index >= 15 is 0 Å². The van der Waals surface area contributed by atoms with Crippen LogP contribution in [0.25, 0.3) is 0 Å². The minimum atomic E-state index is -4.23. The molecule has 45 heavy (non-hydrogen) atoms. The van der Waals surface area contributed by atoms with Gasteiger partial charge in [0.25, 0.3) is 10.0 Å². The van der Waals surface area contributed by atoms with E-state index in [1.54, 1.807) is 30.3 Å². The summed E-state index contributed by atoms with van der Waals surface area (Å²) in [4.78, 5) is 29.7. The summed E-state index contributed by atoms with van der Waals surface area (Å²) in [6, 6.07) is 30.5. The molecule has 0 spiro atoms. The molecule has 9 nitrogen and oxygen atoms in total. The van der Waals surface area contributed by atoms with Crippen LogP contribution in [-0.4, -0.2) is 58.5 Å². The number of nitrogens with zero attached hydrogens (tertiary/aromatic N) is 2. The van der Waals surface area contributed by atoms with Gasteiger partial charge in [0.2, 0.25) is 11.8 Å². The number of nitrogens with one attached hydrogen (secondary N) is 1. The van der Waals surface area contributed by atoms with Gasteiger partial charge in [0.05, 0.1) is 24.8 Å². The molecule has 4 aromatic carbocycles. The van der Waals surface area contributed by atoms with E-state index in [2.05, 4.69) is 5.32 Å². The van der Waals surface area contributed by atoms with Crippen molar-refractivity contribution in [1.82, 2.24) is 10.2 Å². The molecule has 0 aliphatic heterocycles. The van der Waals surface area contributed by atoms with Crippen molar-refractivity contribution in [2.75, 3.05) is 31.6 Å². The van der Waals surface area contributed by atoms with Gasteiger partial charge in [-0.1, -0.05) is 85.8 Å². The van der Waals surface area contributed by atoms with Crippen molar-refractivity contribution in [3.05, 3.63) is 120 Å². The topological polar surface area (TPSA) is 105 Å². The first-order valence-corrected chi connectivity index (χ1v) is 16.2. The third-order valence-electron chi connectivity index (χ3n) is 7.28. The average Bonchev–Trinajstić information content (AvgIpc) is 3.08. The smallest absolute Gasteiger partial charge is 0.264 e. The molecule has 0 aromatic heterocycles. The standard InChI is InChI=1S/C35H39N3O6S/c1-4-22-36-35(40)31(23-27-14-8-5-9-15-27)37(25-28-16-10-6-11-17-28)34(39)26-38(45(41,42)30-18-12-7-13-19-30)29-20-21-32(43-2)33(24-29)44-3/h5-21,24,31H,4,22-23,25-26H2,1-3H3,(H,36,40). The molecular formula is C35H39N3O6S. The lowest BCUT2D eigenvalue weighted by atomic mass is 10.0. The largest absolute Gasteiger partial charge is 0.493 e. The fourth-order valence-electron chi connectivity index (χ4n) is 4.93. The number of carbonyl (C=O) groups is 2. The van der Waals surface area contributed by atoms with Gasteiger partial charge >= 0.3 is 0 Å². The molecule has 0 fully saturated rings. The van der Waals surface area contributed by atoms with E-state index in [9.17, 15) is 18.0 Å². The number of anilines is 1. The van der Waals surface area contributed by atoms with Crippen LogP contribution in [-0.2, 0) is 32.6 Å². The number of hydrogen-bond donors (Lipinski definition) is 1. The van der Waals surface area contributed by atoms with Crippen LogP contribution < -0.4 is 19.1 Å². The molecule has 0 heterocycles. The molecule has 0 aliphatic carbocycles. The molecule has 4 rings (SSSR count). The minimum absolute atomic E-state index is 0.0173. The van der Waals surface area contributed by atoms with Crippen LogP contribution in [0.5, 0.6) is 11.5 Å². The number of sulfonamides is 1. The van der Waals surface area contributed by atoms with E-state index < -0.39 is 28.5 Å². The first kappa shape index (κ1) is 33.1. The normalized spacial score (nSPS) is 11.7. The third kappa shape index (κ3) is 8.42. The monoisotopic (exact) mass is 629 g/mol. The minimum Gasteiger partial charge on any atom is -0.493 e. The lowest BCUT2D eigenvalue weighted by Crippen LogP contribution is -2.53. The summed E-state index contributed by atoms with van der Waals surface area (Å²) in [6.07, 6.45) is 0.968. The second-order valence-corrected chi connectivity index (χ2v) is 12.2. The van der Waals surface area contributed by atoms with Crippen molar-refractivity contribution in [2.24, 2.45) is 0 Å². The number of amides is 2. The Morgan fingerprint density at radius 1 is 0.778 bits per heavy atom. The molecular weight excluding hydrogens is 590 g/mol. The van der Waals surface area contributed by atoms with Crippen molar-refractivity contribution < 1.29 is 27.5 Å². The highest BCUT2D eigenvalue weighted by Gasteiger charge is 2.34. The molecule has 2 amide bonds. The van der Waals surface area contributed by atoms with E-state index in [-0.39, 0.29) is 29.5 Å². The van der Waals surface area contributed by atoms with Crippen molar-refractivity contribution in [3.8, 4) is 11.5 Å². The predicted octanol–water partition coefficient (Wildman–Crippen LogP) is 5.07. The molecule has 4 aromatic rings. The maximum Gasteiger partial charge on any atom is 0.264 e. The Hall–Kier alpha value is -4.83.